The third-order valence-corrected chi connectivity index (χ3v) is 4.63. The molecule has 30 heavy (non-hydrogen) atoms. The monoisotopic (exact) mass is 430 g/mol. The maximum absolute atomic E-state index is 12.8. The molecule has 174 valence electrons. The number of esters is 2. The highest BCUT2D eigenvalue weighted by Gasteiger charge is 2.83. The van der Waals surface area contributed by atoms with E-state index in [2.05, 4.69) is 41.5 Å². The van der Waals surface area contributed by atoms with Gasteiger partial charge in [-0.05, 0) is 51.4 Å². The molecule has 0 aromatic rings. The molecule has 0 radical (unpaired) electrons. The van der Waals surface area contributed by atoms with Gasteiger partial charge in [0.2, 0.25) is 0 Å². The minimum absolute atomic E-state index is 0.0110. The fourth-order valence-electron chi connectivity index (χ4n) is 4.37. The summed E-state index contributed by atoms with van der Waals surface area (Å²) >= 11 is 0. The van der Waals surface area contributed by atoms with Crippen molar-refractivity contribution in [2.75, 3.05) is 0 Å². The van der Waals surface area contributed by atoms with E-state index in [1.54, 1.807) is 0 Å². The van der Waals surface area contributed by atoms with E-state index in [-0.39, 0.29) is 23.7 Å². The lowest BCUT2D eigenvalue weighted by molar-refractivity contribution is -0.172. The van der Waals surface area contributed by atoms with Gasteiger partial charge in [-0.3, -0.25) is 4.79 Å². The molecule has 0 aromatic heterocycles. The smallest absolute Gasteiger partial charge is 0.387 e. The lowest BCUT2D eigenvalue weighted by Crippen LogP contribution is -2.46. The largest absolute Gasteiger partial charge is 0.460 e. The number of rotatable bonds is 9. The zero-order valence-electron chi connectivity index (χ0n) is 20.1. The van der Waals surface area contributed by atoms with Gasteiger partial charge in [0.05, 0.1) is 6.42 Å². The average Bonchev–Trinajstić information content (AvgIpc) is 3.32. The van der Waals surface area contributed by atoms with Crippen LogP contribution in [0.1, 0.15) is 94.9 Å². The summed E-state index contributed by atoms with van der Waals surface area (Å²) in [6.07, 6.45) is 1.34. The molecule has 8 nitrogen and oxygen atoms in total. The first-order valence-electron chi connectivity index (χ1n) is 10.5. The highest BCUT2D eigenvalue weighted by Crippen LogP contribution is 2.55. The summed E-state index contributed by atoms with van der Waals surface area (Å²) in [6, 6.07) is 0. The summed E-state index contributed by atoms with van der Waals surface area (Å²) in [5.41, 5.74) is -1.40. The molecule has 0 bridgehead atoms. The average molecular weight is 431 g/mol. The fraction of sp³-hybridized carbons (Fsp3) is 0.909. The molecule has 0 amide bonds. The summed E-state index contributed by atoms with van der Waals surface area (Å²) < 4.78 is 11.3. The van der Waals surface area contributed by atoms with Crippen LogP contribution < -0.4 is 0 Å². The van der Waals surface area contributed by atoms with Gasteiger partial charge in [-0.25, -0.2) is 4.79 Å². The second-order valence-electron chi connectivity index (χ2n) is 12.1. The van der Waals surface area contributed by atoms with E-state index in [0.717, 1.165) is 0 Å². The van der Waals surface area contributed by atoms with Gasteiger partial charge in [0.25, 0.3) is 0 Å². The molecule has 0 N–H and O–H groups in total. The second kappa shape index (κ2) is 7.73. The maximum Gasteiger partial charge on any atom is 0.387 e. The molecular formula is C22H38O8. The van der Waals surface area contributed by atoms with E-state index in [4.69, 9.17) is 29.0 Å². The molecule has 0 unspecified atom stereocenters. The first kappa shape index (κ1) is 25.0. The molecule has 2 rings (SSSR count). The third kappa shape index (κ3) is 6.64. The summed E-state index contributed by atoms with van der Waals surface area (Å²) in [5.74, 6) is -4.48. The highest BCUT2D eigenvalue weighted by molar-refractivity contribution is 5.81. The first-order valence-corrected chi connectivity index (χ1v) is 10.5. The van der Waals surface area contributed by atoms with Gasteiger partial charge in [-0.15, -0.1) is 0 Å². The predicted octanol–water partition coefficient (Wildman–Crippen LogP) is 4.60. The van der Waals surface area contributed by atoms with Crippen LogP contribution in [0, 0.1) is 10.8 Å². The quantitative estimate of drug-likeness (QED) is 0.297. The van der Waals surface area contributed by atoms with E-state index in [1.165, 1.54) is 0 Å². The minimum Gasteiger partial charge on any atom is -0.460 e. The van der Waals surface area contributed by atoms with Gasteiger partial charge in [0, 0.05) is 6.42 Å². The molecule has 0 spiro atoms. The lowest BCUT2D eigenvalue weighted by Gasteiger charge is -2.32. The van der Waals surface area contributed by atoms with Gasteiger partial charge in [0.15, 0.2) is 0 Å². The Kier molecular flexibility index (Phi) is 6.45. The Morgan fingerprint density at radius 1 is 0.700 bits per heavy atom. The number of hydrogen-bond donors (Lipinski definition) is 0. The second-order valence-corrected chi connectivity index (χ2v) is 12.1. The van der Waals surface area contributed by atoms with Crippen LogP contribution in [-0.4, -0.2) is 34.7 Å². The fourth-order valence-corrected chi connectivity index (χ4v) is 4.37. The number of carbonyl (C=O) groups excluding carboxylic acids is 2. The van der Waals surface area contributed by atoms with Crippen LogP contribution in [-0.2, 0) is 38.6 Å². The zero-order chi connectivity index (χ0) is 23.2. The Balaban J connectivity index is 1.94. The predicted molar refractivity (Wildman–Crippen MR) is 108 cm³/mol. The van der Waals surface area contributed by atoms with Gasteiger partial charge in [-0.1, -0.05) is 41.5 Å². The van der Waals surface area contributed by atoms with Gasteiger partial charge in [0.1, 0.15) is 11.2 Å². The van der Waals surface area contributed by atoms with Crippen molar-refractivity contribution in [2.45, 2.75) is 118 Å². The molecule has 2 aliphatic rings. The number of hydrogen-bond acceptors (Lipinski definition) is 8. The Hall–Kier alpha value is -1.22. The number of carbonyl (C=O) groups is 2. The molecule has 0 saturated carbocycles. The standard InChI is InChI=1S/C22H38O8/c1-17(2,3)13-19(7,8)25-15(23)11-12-21(27-28-21)22(29-30-22)16(24)26-20(9,10)14-18(4,5)6/h11-14H2,1-10H3. The molecule has 0 aromatic carbocycles. The van der Waals surface area contributed by atoms with Crippen molar-refractivity contribution < 1.29 is 38.6 Å². The van der Waals surface area contributed by atoms with Gasteiger partial charge in [-0.2, -0.15) is 19.6 Å². The van der Waals surface area contributed by atoms with Crippen molar-refractivity contribution in [3.05, 3.63) is 0 Å². The van der Waals surface area contributed by atoms with Crippen LogP contribution in [0.2, 0.25) is 0 Å². The maximum atomic E-state index is 12.8. The Labute approximate surface area is 179 Å². The molecule has 2 saturated heterocycles. The van der Waals surface area contributed by atoms with Crippen LogP contribution >= 0.6 is 0 Å². The summed E-state index contributed by atoms with van der Waals surface area (Å²) in [7, 11) is 0. The van der Waals surface area contributed by atoms with Crippen LogP contribution in [0.25, 0.3) is 0 Å². The van der Waals surface area contributed by atoms with E-state index >= 15 is 0 Å². The van der Waals surface area contributed by atoms with Crippen LogP contribution in [0.5, 0.6) is 0 Å². The highest BCUT2D eigenvalue weighted by atomic mass is 17.5. The van der Waals surface area contributed by atoms with E-state index in [9.17, 15) is 9.59 Å². The van der Waals surface area contributed by atoms with Crippen molar-refractivity contribution in [3.63, 3.8) is 0 Å². The van der Waals surface area contributed by atoms with Gasteiger partial charge >= 0.3 is 23.5 Å². The van der Waals surface area contributed by atoms with Crippen LogP contribution in [0.3, 0.4) is 0 Å². The molecule has 2 aliphatic heterocycles. The normalized spacial score (nSPS) is 20.5. The van der Waals surface area contributed by atoms with E-state index in [1.807, 2.05) is 27.7 Å². The molecule has 8 heteroatoms. The van der Waals surface area contributed by atoms with Crippen LogP contribution in [0.15, 0.2) is 0 Å². The van der Waals surface area contributed by atoms with Crippen LogP contribution in [0.4, 0.5) is 0 Å². The number of ether oxygens (including phenoxy) is 2. The van der Waals surface area contributed by atoms with Crippen molar-refractivity contribution in [2.24, 2.45) is 10.8 Å². The summed E-state index contributed by atoms with van der Waals surface area (Å²) in [4.78, 5) is 45.3. The van der Waals surface area contributed by atoms with Crippen molar-refractivity contribution >= 4 is 11.9 Å². The first-order chi connectivity index (χ1) is 13.3. The topological polar surface area (TPSA) is 103 Å². The van der Waals surface area contributed by atoms with E-state index in [0.29, 0.717) is 12.8 Å². The molecule has 2 fully saturated rings. The molecule has 0 aliphatic carbocycles. The lowest BCUT2D eigenvalue weighted by atomic mass is 9.83. The van der Waals surface area contributed by atoms with Crippen molar-refractivity contribution in [1.82, 2.24) is 0 Å². The minimum atomic E-state index is -1.82. The Bertz CT molecular complexity index is 658. The molecule has 0 atom stereocenters. The molecule has 2 heterocycles. The van der Waals surface area contributed by atoms with Crippen molar-refractivity contribution in [1.29, 1.82) is 0 Å². The molecular weight excluding hydrogens is 392 g/mol. The van der Waals surface area contributed by atoms with Gasteiger partial charge < -0.3 is 9.47 Å². The van der Waals surface area contributed by atoms with E-state index < -0.39 is 34.7 Å². The Morgan fingerprint density at radius 2 is 1.13 bits per heavy atom. The van der Waals surface area contributed by atoms with Crippen molar-refractivity contribution in [3.8, 4) is 0 Å². The zero-order valence-corrected chi connectivity index (χ0v) is 20.1. The SMILES string of the molecule is CC(C)(C)CC(C)(C)OC(=O)CCC1(C2(C(=O)OC(C)(C)CC(C)(C)C)OO2)OO1. The third-order valence-electron chi connectivity index (χ3n) is 4.63. The summed E-state index contributed by atoms with van der Waals surface area (Å²) in [6.45, 7) is 19.8. The summed E-state index contributed by atoms with van der Waals surface area (Å²) in [5, 5.41) is 0. The Morgan fingerprint density at radius 3 is 1.50 bits per heavy atom.